The van der Waals surface area contributed by atoms with Gasteiger partial charge in [0.05, 0.1) is 26.4 Å². The molecule has 0 spiro atoms. The van der Waals surface area contributed by atoms with Crippen molar-refractivity contribution < 1.29 is 27.8 Å². The van der Waals surface area contributed by atoms with Gasteiger partial charge in [0.25, 0.3) is 0 Å². The van der Waals surface area contributed by atoms with Gasteiger partial charge in [0.2, 0.25) is 15.9 Å². The molecular formula is C17H26ClN3O6S. The summed E-state index contributed by atoms with van der Waals surface area (Å²) in [4.78, 5) is 14.2. The van der Waals surface area contributed by atoms with Crippen LogP contribution in [0, 0.1) is 0 Å². The highest BCUT2D eigenvalue weighted by Crippen LogP contribution is 2.31. The summed E-state index contributed by atoms with van der Waals surface area (Å²) in [7, 11) is -0.894. The SMILES string of the molecule is COc1ccc(OC)c(S(=O)(=O)N2CCN(C(=O)C3CC(O)CN3)CC2)c1.Cl. The second-order valence-electron chi connectivity index (χ2n) is 6.60. The van der Waals surface area contributed by atoms with Crippen molar-refractivity contribution in [2.45, 2.75) is 23.5 Å². The summed E-state index contributed by atoms with van der Waals surface area (Å²) < 4.78 is 37.8. The minimum Gasteiger partial charge on any atom is -0.497 e. The summed E-state index contributed by atoms with van der Waals surface area (Å²) in [5.41, 5.74) is 0. The summed E-state index contributed by atoms with van der Waals surface area (Å²) in [5.74, 6) is 0.579. The molecular weight excluding hydrogens is 410 g/mol. The lowest BCUT2D eigenvalue weighted by Crippen LogP contribution is -2.54. The van der Waals surface area contributed by atoms with Crippen molar-refractivity contribution in [2.75, 3.05) is 46.9 Å². The first-order valence-electron chi connectivity index (χ1n) is 8.79. The van der Waals surface area contributed by atoms with Crippen LogP contribution in [0.3, 0.4) is 0 Å². The van der Waals surface area contributed by atoms with Gasteiger partial charge in [-0.1, -0.05) is 0 Å². The number of halogens is 1. The Kier molecular flexibility index (Phi) is 7.52. The van der Waals surface area contributed by atoms with Gasteiger partial charge in [-0.15, -0.1) is 12.4 Å². The number of carbonyl (C=O) groups is 1. The van der Waals surface area contributed by atoms with Crippen LogP contribution in [0.5, 0.6) is 11.5 Å². The maximum atomic E-state index is 13.1. The van der Waals surface area contributed by atoms with Gasteiger partial charge in [-0.3, -0.25) is 4.79 Å². The number of ether oxygens (including phenoxy) is 2. The third-order valence-corrected chi connectivity index (χ3v) is 6.86. The largest absolute Gasteiger partial charge is 0.497 e. The van der Waals surface area contributed by atoms with Gasteiger partial charge in [0.15, 0.2) is 0 Å². The number of methoxy groups -OCH3 is 2. The normalized spacial score (nSPS) is 23.2. The van der Waals surface area contributed by atoms with Crippen molar-refractivity contribution in [3.05, 3.63) is 18.2 Å². The molecule has 3 rings (SSSR count). The Balaban J connectivity index is 0.00000280. The molecule has 9 nitrogen and oxygen atoms in total. The van der Waals surface area contributed by atoms with Gasteiger partial charge in [0.1, 0.15) is 16.4 Å². The highest BCUT2D eigenvalue weighted by molar-refractivity contribution is 7.89. The van der Waals surface area contributed by atoms with Crippen LogP contribution < -0.4 is 14.8 Å². The van der Waals surface area contributed by atoms with Crippen LogP contribution in [0.2, 0.25) is 0 Å². The first-order chi connectivity index (χ1) is 12.9. The first-order valence-corrected chi connectivity index (χ1v) is 10.2. The Labute approximate surface area is 171 Å². The predicted molar refractivity (Wildman–Crippen MR) is 105 cm³/mol. The van der Waals surface area contributed by atoms with E-state index in [9.17, 15) is 18.3 Å². The molecule has 11 heteroatoms. The van der Waals surface area contributed by atoms with Crippen molar-refractivity contribution in [3.8, 4) is 11.5 Å². The van der Waals surface area contributed by atoms with E-state index in [1.807, 2.05) is 0 Å². The zero-order valence-electron chi connectivity index (χ0n) is 15.8. The highest BCUT2D eigenvalue weighted by atomic mass is 35.5. The van der Waals surface area contributed by atoms with E-state index in [0.717, 1.165) is 0 Å². The van der Waals surface area contributed by atoms with Crippen LogP contribution in [0.4, 0.5) is 0 Å². The van der Waals surface area contributed by atoms with Gasteiger partial charge < -0.3 is 24.8 Å². The molecule has 0 radical (unpaired) electrons. The van der Waals surface area contributed by atoms with Gasteiger partial charge in [-0.25, -0.2) is 8.42 Å². The molecule has 2 N–H and O–H groups in total. The zero-order valence-corrected chi connectivity index (χ0v) is 17.5. The number of rotatable bonds is 5. The van der Waals surface area contributed by atoms with Crippen LogP contribution in [-0.2, 0) is 14.8 Å². The number of amides is 1. The summed E-state index contributed by atoms with van der Waals surface area (Å²) >= 11 is 0. The maximum absolute atomic E-state index is 13.1. The van der Waals surface area contributed by atoms with Gasteiger partial charge in [-0.2, -0.15) is 4.31 Å². The van der Waals surface area contributed by atoms with E-state index in [4.69, 9.17) is 9.47 Å². The number of aliphatic hydroxyl groups is 1. The molecule has 0 aromatic heterocycles. The zero-order chi connectivity index (χ0) is 19.6. The lowest BCUT2D eigenvalue weighted by molar-refractivity contribution is -0.134. The fourth-order valence-corrected chi connectivity index (χ4v) is 4.99. The van der Waals surface area contributed by atoms with E-state index in [0.29, 0.717) is 31.8 Å². The van der Waals surface area contributed by atoms with E-state index in [1.165, 1.54) is 24.6 Å². The molecule has 0 saturated carbocycles. The Morgan fingerprint density at radius 2 is 1.86 bits per heavy atom. The quantitative estimate of drug-likeness (QED) is 0.652. The monoisotopic (exact) mass is 435 g/mol. The molecule has 2 unspecified atom stereocenters. The molecule has 2 heterocycles. The third-order valence-electron chi connectivity index (χ3n) is 4.94. The van der Waals surface area contributed by atoms with Crippen molar-refractivity contribution in [3.63, 3.8) is 0 Å². The van der Waals surface area contributed by atoms with Crippen LogP contribution in [0.15, 0.2) is 23.1 Å². The molecule has 0 bridgehead atoms. The number of carbonyl (C=O) groups excluding carboxylic acids is 1. The molecule has 0 aliphatic carbocycles. The van der Waals surface area contributed by atoms with E-state index < -0.39 is 22.2 Å². The van der Waals surface area contributed by atoms with Crippen molar-refractivity contribution in [1.82, 2.24) is 14.5 Å². The minimum atomic E-state index is -3.78. The second-order valence-corrected chi connectivity index (χ2v) is 8.50. The number of hydrogen-bond donors (Lipinski definition) is 2. The topological polar surface area (TPSA) is 108 Å². The van der Waals surface area contributed by atoms with Crippen LogP contribution in [0.1, 0.15) is 6.42 Å². The molecule has 2 atom stereocenters. The Morgan fingerprint density at radius 1 is 1.18 bits per heavy atom. The van der Waals surface area contributed by atoms with Crippen LogP contribution >= 0.6 is 12.4 Å². The average Bonchev–Trinajstić information content (AvgIpc) is 3.13. The van der Waals surface area contributed by atoms with E-state index in [2.05, 4.69) is 5.32 Å². The molecule has 28 heavy (non-hydrogen) atoms. The molecule has 2 fully saturated rings. The molecule has 1 aromatic rings. The molecule has 158 valence electrons. The Hall–Kier alpha value is -1.59. The molecule has 2 saturated heterocycles. The molecule has 1 aromatic carbocycles. The van der Waals surface area contributed by atoms with Gasteiger partial charge >= 0.3 is 0 Å². The van der Waals surface area contributed by atoms with Gasteiger partial charge in [0, 0.05) is 38.8 Å². The van der Waals surface area contributed by atoms with Crippen LogP contribution in [-0.4, -0.2) is 87.7 Å². The highest BCUT2D eigenvalue weighted by Gasteiger charge is 2.36. The van der Waals surface area contributed by atoms with E-state index in [1.54, 1.807) is 17.0 Å². The number of piperazine rings is 1. The number of nitrogens with zero attached hydrogens (tertiary/aromatic N) is 2. The van der Waals surface area contributed by atoms with Gasteiger partial charge in [-0.05, 0) is 18.6 Å². The summed E-state index contributed by atoms with van der Waals surface area (Å²) in [6, 6.07) is 4.23. The third kappa shape index (κ3) is 4.52. The number of benzene rings is 1. The second kappa shape index (κ2) is 9.27. The maximum Gasteiger partial charge on any atom is 0.247 e. The number of β-amino-alcohol motifs (C(OH)–C–C–N with tert-alkyl or cyclic N) is 1. The lowest BCUT2D eigenvalue weighted by atomic mass is 10.1. The Morgan fingerprint density at radius 3 is 2.39 bits per heavy atom. The minimum absolute atomic E-state index is 0. The summed E-state index contributed by atoms with van der Waals surface area (Å²) in [6.45, 7) is 1.41. The van der Waals surface area contributed by atoms with E-state index in [-0.39, 0.29) is 42.0 Å². The van der Waals surface area contributed by atoms with Crippen LogP contribution in [0.25, 0.3) is 0 Å². The van der Waals surface area contributed by atoms with Crippen molar-refractivity contribution in [1.29, 1.82) is 0 Å². The van der Waals surface area contributed by atoms with Crippen molar-refractivity contribution in [2.24, 2.45) is 0 Å². The predicted octanol–water partition coefficient (Wildman–Crippen LogP) is -0.319. The molecule has 2 aliphatic heterocycles. The molecule has 2 aliphatic rings. The number of nitrogens with one attached hydrogen (secondary N) is 1. The fourth-order valence-electron chi connectivity index (χ4n) is 3.40. The standard InChI is InChI=1S/C17H25N3O6S.ClH/c1-25-13-3-4-15(26-2)16(10-13)27(23,24)20-7-5-19(6-8-20)17(22)14-9-12(21)11-18-14;/h3-4,10,12,14,18,21H,5-9,11H2,1-2H3;1H. The summed E-state index contributed by atoms with van der Waals surface area (Å²) in [6.07, 6.45) is -0.126. The van der Waals surface area contributed by atoms with Crippen molar-refractivity contribution >= 4 is 28.3 Å². The first kappa shape index (κ1) is 22.7. The lowest BCUT2D eigenvalue weighted by Gasteiger charge is -2.35. The number of aliphatic hydroxyl groups excluding tert-OH is 1. The van der Waals surface area contributed by atoms with E-state index >= 15 is 0 Å². The molecule has 1 amide bonds. The number of hydrogen-bond acceptors (Lipinski definition) is 7. The number of sulfonamides is 1. The Bertz CT molecular complexity index is 798. The average molecular weight is 436 g/mol. The smallest absolute Gasteiger partial charge is 0.247 e. The summed E-state index contributed by atoms with van der Waals surface area (Å²) in [5, 5.41) is 12.6. The fraction of sp³-hybridized carbons (Fsp3) is 0.588.